The maximum Gasteiger partial charge on any atom is 0.255 e. The van der Waals surface area contributed by atoms with Crippen molar-refractivity contribution < 1.29 is 19.1 Å². The van der Waals surface area contributed by atoms with E-state index in [0.717, 1.165) is 17.0 Å². The van der Waals surface area contributed by atoms with E-state index in [0.29, 0.717) is 23.5 Å². The number of ether oxygens (including phenoxy) is 1. The van der Waals surface area contributed by atoms with Gasteiger partial charge in [0.05, 0.1) is 19.6 Å². The van der Waals surface area contributed by atoms with E-state index >= 15 is 0 Å². The summed E-state index contributed by atoms with van der Waals surface area (Å²) in [6.45, 7) is 2.52. The second-order valence-corrected chi connectivity index (χ2v) is 8.01. The van der Waals surface area contributed by atoms with Crippen molar-refractivity contribution in [2.45, 2.75) is 13.3 Å². The second kappa shape index (κ2) is 12.2. The van der Waals surface area contributed by atoms with Crippen molar-refractivity contribution in [3.63, 3.8) is 0 Å². The number of benzene rings is 3. The molecule has 0 radical (unpaired) electrons. The first-order valence-corrected chi connectivity index (χ1v) is 11.3. The Bertz CT molecular complexity index is 1160. The lowest BCUT2D eigenvalue weighted by Crippen LogP contribution is -2.25. The van der Waals surface area contributed by atoms with Gasteiger partial charge in [-0.1, -0.05) is 18.2 Å². The molecule has 35 heavy (non-hydrogen) atoms. The molecule has 0 aliphatic heterocycles. The predicted octanol–water partition coefficient (Wildman–Crippen LogP) is 4.02. The van der Waals surface area contributed by atoms with Gasteiger partial charge in [0.1, 0.15) is 5.75 Å². The number of carbonyl (C=O) groups is 3. The summed E-state index contributed by atoms with van der Waals surface area (Å²) in [6.07, 6.45) is 0.248. The van der Waals surface area contributed by atoms with Crippen LogP contribution in [0.1, 0.15) is 22.8 Å². The lowest BCUT2D eigenvalue weighted by molar-refractivity contribution is -0.127. The van der Waals surface area contributed by atoms with Crippen LogP contribution in [0.25, 0.3) is 0 Å². The van der Waals surface area contributed by atoms with E-state index in [9.17, 15) is 14.4 Å². The molecule has 0 saturated heterocycles. The summed E-state index contributed by atoms with van der Waals surface area (Å²) in [4.78, 5) is 38.5. The number of hydrogen-bond acceptors (Lipinski definition) is 5. The molecule has 3 aromatic rings. The zero-order chi connectivity index (χ0) is 25.2. The van der Waals surface area contributed by atoms with Gasteiger partial charge >= 0.3 is 0 Å². The SMILES string of the molecule is CCOc1ccc(NC(=O)c2ccc(NC(=O)CNc3ccccc3CC(=O)N(C)C)cc2)cc1. The summed E-state index contributed by atoms with van der Waals surface area (Å²) in [5, 5.41) is 8.73. The minimum Gasteiger partial charge on any atom is -0.494 e. The van der Waals surface area contributed by atoms with Crippen LogP contribution in [-0.2, 0) is 16.0 Å². The van der Waals surface area contributed by atoms with Crippen LogP contribution < -0.4 is 20.7 Å². The molecule has 0 aromatic heterocycles. The van der Waals surface area contributed by atoms with E-state index in [4.69, 9.17) is 4.74 Å². The highest BCUT2D eigenvalue weighted by Crippen LogP contribution is 2.18. The molecule has 0 aliphatic carbocycles. The van der Waals surface area contributed by atoms with E-state index in [1.807, 2.05) is 31.2 Å². The van der Waals surface area contributed by atoms with Crippen LogP contribution in [-0.4, -0.2) is 49.9 Å². The lowest BCUT2D eigenvalue weighted by atomic mass is 10.1. The monoisotopic (exact) mass is 474 g/mol. The first-order valence-electron chi connectivity index (χ1n) is 11.3. The number of likely N-dealkylation sites (N-methyl/N-ethyl adjacent to an activating group) is 1. The summed E-state index contributed by atoms with van der Waals surface area (Å²) in [7, 11) is 3.42. The van der Waals surface area contributed by atoms with Crippen LogP contribution in [0, 0.1) is 0 Å². The molecule has 3 rings (SSSR count). The average Bonchev–Trinajstić information content (AvgIpc) is 2.85. The maximum absolute atomic E-state index is 12.5. The number of para-hydroxylation sites is 1. The van der Waals surface area contributed by atoms with Crippen molar-refractivity contribution >= 4 is 34.8 Å². The van der Waals surface area contributed by atoms with E-state index in [2.05, 4.69) is 16.0 Å². The van der Waals surface area contributed by atoms with Gasteiger partial charge in [-0.3, -0.25) is 14.4 Å². The Balaban J connectivity index is 1.52. The van der Waals surface area contributed by atoms with Crippen LogP contribution in [0.15, 0.2) is 72.8 Å². The van der Waals surface area contributed by atoms with Crippen LogP contribution in [0.5, 0.6) is 5.75 Å². The number of anilines is 3. The van der Waals surface area contributed by atoms with Crippen LogP contribution in [0.4, 0.5) is 17.1 Å². The third kappa shape index (κ3) is 7.60. The highest BCUT2D eigenvalue weighted by molar-refractivity contribution is 6.04. The van der Waals surface area contributed by atoms with Crippen molar-refractivity contribution in [1.82, 2.24) is 4.90 Å². The van der Waals surface area contributed by atoms with Gasteiger partial charge in [0.2, 0.25) is 11.8 Å². The van der Waals surface area contributed by atoms with Gasteiger partial charge < -0.3 is 25.6 Å². The summed E-state index contributed by atoms with van der Waals surface area (Å²) in [6, 6.07) is 21.2. The Morgan fingerprint density at radius 1 is 0.829 bits per heavy atom. The van der Waals surface area contributed by atoms with Crippen LogP contribution in [0.2, 0.25) is 0 Å². The number of hydrogen-bond donors (Lipinski definition) is 3. The lowest BCUT2D eigenvalue weighted by Gasteiger charge is -2.14. The molecule has 0 unspecified atom stereocenters. The number of carbonyl (C=O) groups excluding carboxylic acids is 3. The molecule has 0 aliphatic rings. The molecule has 3 amide bonds. The minimum absolute atomic E-state index is 0.0182. The zero-order valence-electron chi connectivity index (χ0n) is 20.1. The van der Waals surface area contributed by atoms with Gasteiger partial charge in [-0.2, -0.15) is 0 Å². The molecule has 0 saturated carbocycles. The van der Waals surface area contributed by atoms with Gasteiger partial charge in [-0.15, -0.1) is 0 Å². The summed E-state index contributed by atoms with van der Waals surface area (Å²) < 4.78 is 5.40. The van der Waals surface area contributed by atoms with E-state index in [1.54, 1.807) is 62.6 Å². The number of nitrogens with one attached hydrogen (secondary N) is 3. The molecule has 8 heteroatoms. The second-order valence-electron chi connectivity index (χ2n) is 8.01. The van der Waals surface area contributed by atoms with E-state index < -0.39 is 0 Å². The predicted molar refractivity (Wildman–Crippen MR) is 138 cm³/mol. The van der Waals surface area contributed by atoms with Crippen molar-refractivity contribution in [3.05, 3.63) is 83.9 Å². The fourth-order valence-corrected chi connectivity index (χ4v) is 3.26. The Morgan fingerprint density at radius 2 is 1.46 bits per heavy atom. The average molecular weight is 475 g/mol. The molecule has 0 bridgehead atoms. The van der Waals surface area contributed by atoms with Crippen molar-refractivity contribution in [2.24, 2.45) is 0 Å². The highest BCUT2D eigenvalue weighted by Gasteiger charge is 2.11. The molecule has 182 valence electrons. The molecule has 0 spiro atoms. The van der Waals surface area contributed by atoms with Gasteiger partial charge in [0.15, 0.2) is 0 Å². The van der Waals surface area contributed by atoms with Gasteiger partial charge in [-0.05, 0) is 67.1 Å². The van der Waals surface area contributed by atoms with E-state index in [1.165, 1.54) is 4.90 Å². The number of rotatable bonds is 10. The van der Waals surface area contributed by atoms with Crippen LogP contribution in [0.3, 0.4) is 0 Å². The highest BCUT2D eigenvalue weighted by atomic mass is 16.5. The van der Waals surface area contributed by atoms with Gasteiger partial charge in [0.25, 0.3) is 5.91 Å². The van der Waals surface area contributed by atoms with Crippen molar-refractivity contribution in [2.75, 3.05) is 43.2 Å². The molecule has 3 N–H and O–H groups in total. The fourth-order valence-electron chi connectivity index (χ4n) is 3.26. The number of amides is 3. The first kappa shape index (κ1) is 25.3. The molecular formula is C27H30N4O4. The summed E-state index contributed by atoms with van der Waals surface area (Å²) in [5.74, 6) is 0.226. The molecule has 8 nitrogen and oxygen atoms in total. The molecule has 3 aromatic carbocycles. The Morgan fingerprint density at radius 3 is 2.11 bits per heavy atom. The summed E-state index contributed by atoms with van der Waals surface area (Å²) in [5.41, 5.74) is 3.26. The first-order chi connectivity index (χ1) is 16.9. The zero-order valence-corrected chi connectivity index (χ0v) is 20.1. The fraction of sp³-hybridized carbons (Fsp3) is 0.222. The molecule has 0 atom stereocenters. The minimum atomic E-state index is -0.252. The maximum atomic E-state index is 12.5. The topological polar surface area (TPSA) is 99.8 Å². The third-order valence-electron chi connectivity index (χ3n) is 5.15. The van der Waals surface area contributed by atoms with Gasteiger partial charge in [-0.25, -0.2) is 0 Å². The van der Waals surface area contributed by atoms with Crippen LogP contribution >= 0.6 is 0 Å². The molecular weight excluding hydrogens is 444 g/mol. The Kier molecular flexibility index (Phi) is 8.83. The molecule has 0 heterocycles. The largest absolute Gasteiger partial charge is 0.494 e. The third-order valence-corrected chi connectivity index (χ3v) is 5.15. The standard InChI is InChI=1S/C27H30N4O4/c1-4-35-23-15-13-22(14-16-23)30-27(34)19-9-11-21(12-10-19)29-25(32)18-28-24-8-6-5-7-20(24)17-26(33)31(2)3/h5-16,28H,4,17-18H2,1-3H3,(H,29,32)(H,30,34). The Labute approximate surface area is 205 Å². The molecule has 0 fully saturated rings. The summed E-state index contributed by atoms with van der Waals surface area (Å²) >= 11 is 0. The van der Waals surface area contributed by atoms with Gasteiger partial charge in [0, 0.05) is 36.7 Å². The quantitative estimate of drug-likeness (QED) is 0.412. The van der Waals surface area contributed by atoms with Crippen molar-refractivity contribution in [1.29, 1.82) is 0 Å². The Hall–Kier alpha value is -4.33. The number of nitrogens with zero attached hydrogens (tertiary/aromatic N) is 1. The smallest absolute Gasteiger partial charge is 0.255 e. The van der Waals surface area contributed by atoms with E-state index in [-0.39, 0.29) is 30.7 Å². The van der Waals surface area contributed by atoms with Crippen molar-refractivity contribution in [3.8, 4) is 5.75 Å². The normalized spacial score (nSPS) is 10.3.